The van der Waals surface area contributed by atoms with Crippen molar-refractivity contribution < 1.29 is 9.84 Å². The van der Waals surface area contributed by atoms with E-state index in [2.05, 4.69) is 0 Å². The maximum Gasteiger partial charge on any atom is 0.123 e. The van der Waals surface area contributed by atoms with Gasteiger partial charge in [-0.1, -0.05) is 24.6 Å². The highest BCUT2D eigenvalue weighted by molar-refractivity contribution is 5.36. The second kappa shape index (κ2) is 4.85. The Morgan fingerprint density at radius 1 is 1.38 bits per heavy atom. The molecule has 3 N–H and O–H groups in total. The van der Waals surface area contributed by atoms with E-state index in [4.69, 9.17) is 10.5 Å². The monoisotopic (exact) mass is 221 g/mol. The van der Waals surface area contributed by atoms with Crippen LogP contribution in [0.1, 0.15) is 30.9 Å². The molecule has 0 unspecified atom stereocenters. The van der Waals surface area contributed by atoms with Crippen molar-refractivity contribution in [3.63, 3.8) is 0 Å². The lowest BCUT2D eigenvalue weighted by Gasteiger charge is -2.34. The van der Waals surface area contributed by atoms with Crippen LogP contribution in [0.4, 0.5) is 0 Å². The Hall–Kier alpha value is -1.06. The predicted molar refractivity (Wildman–Crippen MR) is 63.3 cm³/mol. The molecule has 88 valence electrons. The highest BCUT2D eigenvalue weighted by Gasteiger charge is 2.31. The predicted octanol–water partition coefficient (Wildman–Crippen LogP) is 1.86. The van der Waals surface area contributed by atoms with Gasteiger partial charge < -0.3 is 15.6 Å². The fourth-order valence-corrected chi connectivity index (χ4v) is 2.20. The van der Waals surface area contributed by atoms with Crippen molar-refractivity contribution in [2.45, 2.75) is 31.4 Å². The molecule has 0 saturated heterocycles. The van der Waals surface area contributed by atoms with Gasteiger partial charge in [0.2, 0.25) is 0 Å². The minimum absolute atomic E-state index is 0.346. The molecule has 0 heterocycles. The molecule has 0 spiro atoms. The number of hydrogen-bond donors (Lipinski definition) is 2. The van der Waals surface area contributed by atoms with Gasteiger partial charge in [-0.2, -0.15) is 0 Å². The first kappa shape index (κ1) is 11.4. The standard InChI is InChI=1S/C13H19NO2/c1-16-11-8-3-2-7-10(11)12(14)13(15)9-5-4-6-9/h2-3,7-9,12-13,15H,4-6,14H2,1H3/t12-,13+/m0/s1. The van der Waals surface area contributed by atoms with E-state index in [0.29, 0.717) is 5.92 Å². The molecule has 1 aromatic rings. The number of nitrogens with two attached hydrogens (primary N) is 1. The van der Waals surface area contributed by atoms with Crippen molar-refractivity contribution >= 4 is 0 Å². The Morgan fingerprint density at radius 2 is 2.06 bits per heavy atom. The van der Waals surface area contributed by atoms with E-state index in [9.17, 15) is 5.11 Å². The van der Waals surface area contributed by atoms with Gasteiger partial charge in [0.1, 0.15) is 5.75 Å². The zero-order chi connectivity index (χ0) is 11.5. The molecule has 3 heteroatoms. The van der Waals surface area contributed by atoms with Gasteiger partial charge in [0.05, 0.1) is 19.3 Å². The van der Waals surface area contributed by atoms with Crippen molar-refractivity contribution in [2.75, 3.05) is 7.11 Å². The summed E-state index contributed by atoms with van der Waals surface area (Å²) in [5.74, 6) is 1.12. The largest absolute Gasteiger partial charge is 0.496 e. The summed E-state index contributed by atoms with van der Waals surface area (Å²) in [6, 6.07) is 7.28. The molecule has 0 bridgehead atoms. The van der Waals surface area contributed by atoms with Crippen LogP contribution in [0, 0.1) is 5.92 Å². The van der Waals surface area contributed by atoms with Crippen LogP contribution in [0.25, 0.3) is 0 Å². The third-order valence-electron chi connectivity index (χ3n) is 3.50. The maximum atomic E-state index is 10.1. The molecular formula is C13H19NO2. The van der Waals surface area contributed by atoms with E-state index in [1.54, 1.807) is 7.11 Å². The van der Waals surface area contributed by atoms with Crippen molar-refractivity contribution in [1.29, 1.82) is 0 Å². The smallest absolute Gasteiger partial charge is 0.123 e. The molecule has 1 aliphatic rings. The number of aliphatic hydroxyl groups excluding tert-OH is 1. The number of benzene rings is 1. The average Bonchev–Trinajstić information content (AvgIpc) is 2.25. The van der Waals surface area contributed by atoms with Crippen LogP contribution in [-0.4, -0.2) is 18.3 Å². The number of rotatable bonds is 4. The molecule has 16 heavy (non-hydrogen) atoms. The van der Waals surface area contributed by atoms with Crippen LogP contribution in [0.5, 0.6) is 5.75 Å². The van der Waals surface area contributed by atoms with Crippen LogP contribution >= 0.6 is 0 Å². The number of ether oxygens (including phenoxy) is 1. The summed E-state index contributed by atoms with van der Waals surface area (Å²) >= 11 is 0. The van der Waals surface area contributed by atoms with Gasteiger partial charge in [-0.15, -0.1) is 0 Å². The molecule has 0 aliphatic heterocycles. The summed E-state index contributed by atoms with van der Waals surface area (Å²) in [6.07, 6.45) is 2.93. The number of methoxy groups -OCH3 is 1. The molecule has 0 amide bonds. The van der Waals surface area contributed by atoms with Gasteiger partial charge >= 0.3 is 0 Å². The molecule has 1 aliphatic carbocycles. The zero-order valence-corrected chi connectivity index (χ0v) is 9.60. The van der Waals surface area contributed by atoms with Crippen molar-refractivity contribution in [3.8, 4) is 5.75 Å². The van der Waals surface area contributed by atoms with Crippen molar-refractivity contribution in [3.05, 3.63) is 29.8 Å². The highest BCUT2D eigenvalue weighted by atomic mass is 16.5. The third kappa shape index (κ3) is 2.06. The molecule has 0 aromatic heterocycles. The maximum absolute atomic E-state index is 10.1. The molecule has 1 fully saturated rings. The molecule has 2 rings (SSSR count). The number of hydrogen-bond acceptors (Lipinski definition) is 3. The molecule has 1 saturated carbocycles. The van der Waals surface area contributed by atoms with Gasteiger partial charge in [0.25, 0.3) is 0 Å². The first-order valence-corrected chi connectivity index (χ1v) is 5.80. The van der Waals surface area contributed by atoms with E-state index >= 15 is 0 Å². The lowest BCUT2D eigenvalue weighted by Crippen LogP contribution is -2.36. The van der Waals surface area contributed by atoms with Gasteiger partial charge in [0.15, 0.2) is 0 Å². The minimum Gasteiger partial charge on any atom is -0.496 e. The molecular weight excluding hydrogens is 202 g/mol. The molecule has 2 atom stereocenters. The quantitative estimate of drug-likeness (QED) is 0.816. The van der Waals surface area contributed by atoms with Crippen molar-refractivity contribution in [2.24, 2.45) is 11.7 Å². The van der Waals surface area contributed by atoms with Crippen LogP contribution in [0.3, 0.4) is 0 Å². The first-order valence-electron chi connectivity index (χ1n) is 5.80. The van der Waals surface area contributed by atoms with E-state index in [0.717, 1.165) is 24.2 Å². The summed E-state index contributed by atoms with van der Waals surface area (Å²) < 4.78 is 5.26. The van der Waals surface area contributed by atoms with Crippen LogP contribution in [0.2, 0.25) is 0 Å². The van der Waals surface area contributed by atoms with E-state index in [-0.39, 0.29) is 6.04 Å². The molecule has 0 radical (unpaired) electrons. The third-order valence-corrected chi connectivity index (χ3v) is 3.50. The number of para-hydroxylation sites is 1. The second-order valence-corrected chi connectivity index (χ2v) is 4.45. The summed E-state index contributed by atoms with van der Waals surface area (Å²) in [7, 11) is 1.63. The van der Waals surface area contributed by atoms with E-state index in [1.165, 1.54) is 6.42 Å². The molecule has 1 aromatic carbocycles. The Morgan fingerprint density at radius 3 is 2.62 bits per heavy atom. The second-order valence-electron chi connectivity index (χ2n) is 4.45. The van der Waals surface area contributed by atoms with Gasteiger partial charge in [0, 0.05) is 5.56 Å². The van der Waals surface area contributed by atoms with Crippen molar-refractivity contribution in [1.82, 2.24) is 0 Å². The minimum atomic E-state index is -0.454. The van der Waals surface area contributed by atoms with Gasteiger partial charge in [-0.25, -0.2) is 0 Å². The van der Waals surface area contributed by atoms with Crippen LogP contribution in [0.15, 0.2) is 24.3 Å². The summed E-state index contributed by atoms with van der Waals surface area (Å²) in [5.41, 5.74) is 6.99. The lowest BCUT2D eigenvalue weighted by atomic mass is 9.77. The normalized spacial score (nSPS) is 19.9. The first-order chi connectivity index (χ1) is 7.74. The Balaban J connectivity index is 2.15. The van der Waals surface area contributed by atoms with E-state index < -0.39 is 6.10 Å². The number of aliphatic hydroxyl groups is 1. The van der Waals surface area contributed by atoms with Crippen LogP contribution in [-0.2, 0) is 0 Å². The Labute approximate surface area is 96.2 Å². The summed E-state index contributed by atoms with van der Waals surface area (Å²) in [4.78, 5) is 0. The molecule has 3 nitrogen and oxygen atoms in total. The summed E-state index contributed by atoms with van der Waals surface area (Å²) in [6.45, 7) is 0. The van der Waals surface area contributed by atoms with Crippen LogP contribution < -0.4 is 10.5 Å². The van der Waals surface area contributed by atoms with E-state index in [1.807, 2.05) is 24.3 Å². The van der Waals surface area contributed by atoms with Gasteiger partial charge in [-0.05, 0) is 24.8 Å². The SMILES string of the molecule is COc1ccccc1[C@H](N)[C@H](O)C1CCC1. The van der Waals surface area contributed by atoms with Gasteiger partial charge in [-0.3, -0.25) is 0 Å². The fourth-order valence-electron chi connectivity index (χ4n) is 2.20. The Kier molecular flexibility index (Phi) is 3.46. The fraction of sp³-hybridized carbons (Fsp3) is 0.538. The highest BCUT2D eigenvalue weighted by Crippen LogP contribution is 2.36. The summed E-state index contributed by atoms with van der Waals surface area (Å²) in [5, 5.41) is 10.1. The topological polar surface area (TPSA) is 55.5 Å². The lowest BCUT2D eigenvalue weighted by molar-refractivity contribution is 0.0407. The zero-order valence-electron chi connectivity index (χ0n) is 9.60. The average molecular weight is 221 g/mol. The Bertz CT molecular complexity index is 350.